The molecule has 1 saturated heterocycles. The maximum absolute atomic E-state index is 12.4. The van der Waals surface area contributed by atoms with E-state index in [-0.39, 0.29) is 17.9 Å². The monoisotopic (exact) mass is 313 g/mol. The smallest absolute Gasteiger partial charge is 0.179 e. The van der Waals surface area contributed by atoms with Crippen molar-refractivity contribution in [1.29, 1.82) is 0 Å². The molecule has 6 heteroatoms. The van der Waals surface area contributed by atoms with E-state index in [0.29, 0.717) is 23.8 Å². The maximum atomic E-state index is 12.4. The highest BCUT2D eigenvalue weighted by Crippen LogP contribution is 2.19. The molecular weight excluding hydrogens is 290 g/mol. The van der Waals surface area contributed by atoms with Crippen LogP contribution in [-0.2, 0) is 14.6 Å². The molecular formula is C15H23NO4S. The minimum atomic E-state index is -3.30. The summed E-state index contributed by atoms with van der Waals surface area (Å²) < 4.78 is 35.5. The number of sulfone groups is 1. The highest BCUT2D eigenvalue weighted by atomic mass is 32.2. The summed E-state index contributed by atoms with van der Waals surface area (Å²) in [5.74, 6) is 0.668. The predicted octanol–water partition coefficient (Wildman–Crippen LogP) is 1.58. The maximum Gasteiger partial charge on any atom is 0.179 e. The number of ether oxygens (including phenoxy) is 2. The molecule has 1 aliphatic rings. The number of methoxy groups -OCH3 is 1. The molecule has 1 fully saturated rings. The van der Waals surface area contributed by atoms with Crippen molar-refractivity contribution >= 4 is 9.84 Å². The molecule has 0 aliphatic carbocycles. The van der Waals surface area contributed by atoms with Gasteiger partial charge < -0.3 is 9.47 Å². The molecule has 0 saturated carbocycles. The van der Waals surface area contributed by atoms with Crippen LogP contribution in [0.2, 0.25) is 0 Å². The van der Waals surface area contributed by atoms with Gasteiger partial charge in [0.25, 0.3) is 0 Å². The fourth-order valence-corrected chi connectivity index (χ4v) is 3.73. The molecule has 1 aliphatic heterocycles. The van der Waals surface area contributed by atoms with Crippen molar-refractivity contribution in [2.75, 3.05) is 32.6 Å². The van der Waals surface area contributed by atoms with Crippen LogP contribution in [0.1, 0.15) is 13.8 Å². The van der Waals surface area contributed by atoms with Gasteiger partial charge in [-0.3, -0.25) is 4.90 Å². The Morgan fingerprint density at radius 2 is 2.14 bits per heavy atom. The first-order valence-corrected chi connectivity index (χ1v) is 8.80. The molecule has 1 heterocycles. The van der Waals surface area contributed by atoms with E-state index < -0.39 is 9.84 Å². The summed E-state index contributed by atoms with van der Waals surface area (Å²) >= 11 is 0. The van der Waals surface area contributed by atoms with Gasteiger partial charge in [0.1, 0.15) is 5.75 Å². The molecule has 0 spiro atoms. The summed E-state index contributed by atoms with van der Waals surface area (Å²) in [5.41, 5.74) is 0. The van der Waals surface area contributed by atoms with Gasteiger partial charge in [-0.05, 0) is 32.0 Å². The molecule has 2 rings (SSSR count). The largest absolute Gasteiger partial charge is 0.497 e. The van der Waals surface area contributed by atoms with Crippen LogP contribution in [0.25, 0.3) is 0 Å². The number of nitrogens with zero attached hydrogens (tertiary/aromatic N) is 1. The highest BCUT2D eigenvalue weighted by Gasteiger charge is 2.25. The van der Waals surface area contributed by atoms with Crippen molar-refractivity contribution in [3.05, 3.63) is 24.3 Å². The lowest BCUT2D eigenvalue weighted by molar-refractivity contribution is -0.0469. The van der Waals surface area contributed by atoms with E-state index >= 15 is 0 Å². The van der Waals surface area contributed by atoms with Gasteiger partial charge in [-0.15, -0.1) is 0 Å². The molecule has 1 aromatic carbocycles. The zero-order valence-corrected chi connectivity index (χ0v) is 13.6. The molecule has 21 heavy (non-hydrogen) atoms. The topological polar surface area (TPSA) is 55.8 Å². The van der Waals surface area contributed by atoms with Crippen LogP contribution in [0.4, 0.5) is 0 Å². The summed E-state index contributed by atoms with van der Waals surface area (Å²) in [4.78, 5) is 2.49. The van der Waals surface area contributed by atoms with Crippen molar-refractivity contribution in [3.8, 4) is 5.75 Å². The van der Waals surface area contributed by atoms with Crippen molar-refractivity contribution in [2.24, 2.45) is 0 Å². The highest BCUT2D eigenvalue weighted by molar-refractivity contribution is 7.91. The number of benzene rings is 1. The van der Waals surface area contributed by atoms with Gasteiger partial charge in [0.15, 0.2) is 9.84 Å². The van der Waals surface area contributed by atoms with Crippen molar-refractivity contribution in [2.45, 2.75) is 30.9 Å². The number of hydrogen-bond acceptors (Lipinski definition) is 5. The third-order valence-corrected chi connectivity index (χ3v) is 5.48. The Hall–Kier alpha value is -1.11. The van der Waals surface area contributed by atoms with Crippen molar-refractivity contribution in [3.63, 3.8) is 0 Å². The van der Waals surface area contributed by atoms with Crippen LogP contribution in [0.15, 0.2) is 29.2 Å². The van der Waals surface area contributed by atoms with Crippen molar-refractivity contribution in [1.82, 2.24) is 4.90 Å². The fraction of sp³-hybridized carbons (Fsp3) is 0.600. The lowest BCUT2D eigenvalue weighted by Crippen LogP contribution is -2.48. The zero-order chi connectivity index (χ0) is 15.5. The van der Waals surface area contributed by atoms with Gasteiger partial charge in [-0.2, -0.15) is 0 Å². The molecule has 118 valence electrons. The van der Waals surface area contributed by atoms with Crippen LogP contribution in [0.5, 0.6) is 5.75 Å². The second-order valence-electron chi connectivity index (χ2n) is 5.49. The molecule has 0 N–H and O–H groups in total. The first-order chi connectivity index (χ1) is 9.92. The van der Waals surface area contributed by atoms with Gasteiger partial charge in [0.2, 0.25) is 0 Å². The van der Waals surface area contributed by atoms with E-state index in [9.17, 15) is 8.42 Å². The summed E-state index contributed by atoms with van der Waals surface area (Å²) in [5, 5.41) is 0. The van der Waals surface area contributed by atoms with Crippen LogP contribution < -0.4 is 4.74 Å². The fourth-order valence-electron chi connectivity index (χ4n) is 2.43. The summed E-state index contributed by atoms with van der Waals surface area (Å²) in [6.07, 6.45) is 0.153. The number of rotatable bonds is 5. The molecule has 0 aromatic heterocycles. The zero-order valence-electron chi connectivity index (χ0n) is 12.8. The third-order valence-electron chi connectivity index (χ3n) is 3.78. The average molecular weight is 313 g/mol. The second kappa shape index (κ2) is 6.77. The van der Waals surface area contributed by atoms with E-state index in [0.717, 1.165) is 6.54 Å². The molecule has 0 amide bonds. The first-order valence-electron chi connectivity index (χ1n) is 7.15. The lowest BCUT2D eigenvalue weighted by Gasteiger charge is -2.36. The Balaban J connectivity index is 2.03. The van der Waals surface area contributed by atoms with Gasteiger partial charge in [0.05, 0.1) is 30.5 Å². The van der Waals surface area contributed by atoms with E-state index in [1.54, 1.807) is 24.3 Å². The second-order valence-corrected chi connectivity index (χ2v) is 7.59. The molecule has 2 atom stereocenters. The molecule has 0 bridgehead atoms. The Labute approximate surface area is 126 Å². The minimum Gasteiger partial charge on any atom is -0.497 e. The SMILES string of the molecule is COc1cccc(S(=O)(=O)CCN2CC(C)OCC2C)c1. The van der Waals surface area contributed by atoms with Gasteiger partial charge in [0, 0.05) is 19.1 Å². The lowest BCUT2D eigenvalue weighted by atomic mass is 10.2. The number of morpholine rings is 1. The van der Waals surface area contributed by atoms with Crippen LogP contribution >= 0.6 is 0 Å². The van der Waals surface area contributed by atoms with Gasteiger partial charge in [-0.1, -0.05) is 6.07 Å². The van der Waals surface area contributed by atoms with E-state index in [4.69, 9.17) is 9.47 Å². The average Bonchev–Trinajstić information content (AvgIpc) is 2.48. The van der Waals surface area contributed by atoms with Gasteiger partial charge in [-0.25, -0.2) is 8.42 Å². The Morgan fingerprint density at radius 1 is 1.38 bits per heavy atom. The van der Waals surface area contributed by atoms with Crippen LogP contribution in [0, 0.1) is 0 Å². The molecule has 1 aromatic rings. The predicted molar refractivity (Wildman–Crippen MR) is 81.5 cm³/mol. The van der Waals surface area contributed by atoms with E-state index in [1.165, 1.54) is 7.11 Å². The van der Waals surface area contributed by atoms with Crippen LogP contribution in [0.3, 0.4) is 0 Å². The summed E-state index contributed by atoms with van der Waals surface area (Å²) in [6, 6.07) is 6.88. The Kier molecular flexibility index (Phi) is 5.24. The Bertz CT molecular complexity index is 573. The van der Waals surface area contributed by atoms with Crippen molar-refractivity contribution < 1.29 is 17.9 Å². The molecule has 2 unspecified atom stereocenters. The first kappa shape index (κ1) is 16.3. The number of hydrogen-bond donors (Lipinski definition) is 0. The van der Waals surface area contributed by atoms with E-state index in [2.05, 4.69) is 11.8 Å². The summed E-state index contributed by atoms with van der Waals surface area (Å²) in [6.45, 7) is 6.02. The quantitative estimate of drug-likeness (QED) is 0.826. The minimum absolute atomic E-state index is 0.108. The Morgan fingerprint density at radius 3 is 2.86 bits per heavy atom. The normalized spacial score (nSPS) is 24.0. The van der Waals surface area contributed by atoms with E-state index in [1.807, 2.05) is 6.92 Å². The summed E-state index contributed by atoms with van der Waals surface area (Å²) in [7, 11) is -1.77. The standard InChI is InChI=1S/C15H23NO4S/c1-12-11-20-13(2)10-16(12)7-8-21(17,18)15-6-4-5-14(9-15)19-3/h4-6,9,12-13H,7-8,10-11H2,1-3H3. The van der Waals surface area contributed by atoms with Gasteiger partial charge >= 0.3 is 0 Å². The van der Waals surface area contributed by atoms with Crippen LogP contribution in [-0.4, -0.2) is 58.0 Å². The third kappa shape index (κ3) is 4.18. The molecule has 0 radical (unpaired) electrons. The molecule has 5 nitrogen and oxygen atoms in total.